The van der Waals surface area contributed by atoms with E-state index in [1.54, 1.807) is 0 Å². The first-order valence-corrected chi connectivity index (χ1v) is 8.96. The molecule has 2 aromatic carbocycles. The van der Waals surface area contributed by atoms with Crippen LogP contribution < -0.4 is 10.6 Å². The van der Waals surface area contributed by atoms with Crippen molar-refractivity contribution in [2.24, 2.45) is 0 Å². The number of methoxy groups -OCH3 is 1. The highest BCUT2D eigenvalue weighted by Crippen LogP contribution is 2.34. The van der Waals surface area contributed by atoms with Crippen LogP contribution >= 0.6 is 0 Å². The fourth-order valence-corrected chi connectivity index (χ4v) is 3.06. The normalized spacial score (nSPS) is 13.4. The van der Waals surface area contributed by atoms with E-state index < -0.39 is 35.3 Å². The van der Waals surface area contributed by atoms with Crippen molar-refractivity contribution in [2.75, 3.05) is 30.9 Å². The van der Waals surface area contributed by atoms with Crippen LogP contribution in [0, 0.1) is 0 Å². The molecule has 4 amide bonds. The van der Waals surface area contributed by atoms with Gasteiger partial charge in [-0.25, -0.2) is 4.79 Å². The number of hydrogen-bond donors (Lipinski definition) is 2. The van der Waals surface area contributed by atoms with E-state index >= 15 is 0 Å². The number of carbonyl (C=O) groups is 3. The maximum absolute atomic E-state index is 13.0. The zero-order chi connectivity index (χ0) is 21.9. The molecule has 1 heterocycles. The fraction of sp³-hybridized carbons (Fsp3) is 0.250. The first-order valence-electron chi connectivity index (χ1n) is 8.96. The number of rotatable bonds is 6. The third-order valence-corrected chi connectivity index (χ3v) is 4.44. The van der Waals surface area contributed by atoms with E-state index in [9.17, 15) is 27.6 Å². The van der Waals surface area contributed by atoms with Crippen molar-refractivity contribution in [3.05, 3.63) is 59.2 Å². The van der Waals surface area contributed by atoms with Crippen molar-refractivity contribution in [2.45, 2.75) is 12.6 Å². The number of urea groups is 1. The maximum atomic E-state index is 13.0. The summed E-state index contributed by atoms with van der Waals surface area (Å²) in [4.78, 5) is 38.1. The molecule has 0 unspecified atom stereocenters. The molecular formula is C20H18F3N3O4. The van der Waals surface area contributed by atoms with Crippen molar-refractivity contribution in [1.82, 2.24) is 4.90 Å². The molecule has 158 valence electrons. The highest BCUT2D eigenvalue weighted by molar-refractivity contribution is 6.22. The Balaban J connectivity index is 1.73. The minimum Gasteiger partial charge on any atom is -0.385 e. The van der Waals surface area contributed by atoms with Crippen molar-refractivity contribution < 1.29 is 32.3 Å². The van der Waals surface area contributed by atoms with Crippen molar-refractivity contribution in [3.63, 3.8) is 0 Å². The number of carbonyl (C=O) groups excluding carboxylic acids is 3. The molecule has 0 fully saturated rings. The molecule has 30 heavy (non-hydrogen) atoms. The summed E-state index contributed by atoms with van der Waals surface area (Å²) in [7, 11) is 1.51. The van der Waals surface area contributed by atoms with Crippen LogP contribution in [0.2, 0.25) is 0 Å². The molecule has 0 bridgehead atoms. The summed E-state index contributed by atoms with van der Waals surface area (Å²) in [5.41, 5.74) is -0.909. The second-order valence-corrected chi connectivity index (χ2v) is 6.49. The molecular weight excluding hydrogens is 403 g/mol. The minimum absolute atomic E-state index is 0.117. The Labute approximate surface area is 169 Å². The highest BCUT2D eigenvalue weighted by Gasteiger charge is 2.36. The van der Waals surface area contributed by atoms with E-state index in [4.69, 9.17) is 4.74 Å². The topological polar surface area (TPSA) is 87.7 Å². The Morgan fingerprint density at radius 3 is 2.43 bits per heavy atom. The van der Waals surface area contributed by atoms with Gasteiger partial charge < -0.3 is 15.4 Å². The van der Waals surface area contributed by atoms with Gasteiger partial charge in [-0.3, -0.25) is 14.5 Å². The van der Waals surface area contributed by atoms with Crippen LogP contribution in [0.25, 0.3) is 0 Å². The van der Waals surface area contributed by atoms with Gasteiger partial charge in [0.15, 0.2) is 0 Å². The van der Waals surface area contributed by atoms with Gasteiger partial charge >= 0.3 is 12.2 Å². The summed E-state index contributed by atoms with van der Waals surface area (Å²) in [5, 5.41) is 4.53. The quantitative estimate of drug-likeness (QED) is 0.546. The Hall–Kier alpha value is -3.40. The smallest absolute Gasteiger partial charge is 0.385 e. The molecule has 3 rings (SSSR count). The summed E-state index contributed by atoms with van der Waals surface area (Å²) >= 11 is 0. The Morgan fingerprint density at radius 2 is 1.73 bits per heavy atom. The number of amides is 4. The fourth-order valence-electron chi connectivity index (χ4n) is 3.06. The lowest BCUT2D eigenvalue weighted by Gasteiger charge is -2.14. The van der Waals surface area contributed by atoms with E-state index in [1.165, 1.54) is 37.4 Å². The lowest BCUT2D eigenvalue weighted by molar-refractivity contribution is -0.136. The van der Waals surface area contributed by atoms with Gasteiger partial charge in [0.25, 0.3) is 11.8 Å². The average Bonchev–Trinajstić information content (AvgIpc) is 2.92. The number of benzene rings is 2. The second kappa shape index (κ2) is 8.54. The second-order valence-electron chi connectivity index (χ2n) is 6.49. The zero-order valence-corrected chi connectivity index (χ0v) is 15.9. The van der Waals surface area contributed by atoms with Crippen LogP contribution in [0.4, 0.5) is 29.3 Å². The minimum atomic E-state index is -4.63. The maximum Gasteiger partial charge on any atom is 0.418 e. The molecule has 0 radical (unpaired) electrons. The van der Waals surface area contributed by atoms with Gasteiger partial charge in [-0.1, -0.05) is 12.1 Å². The predicted molar refractivity (Wildman–Crippen MR) is 102 cm³/mol. The molecule has 0 aromatic heterocycles. The van der Waals surface area contributed by atoms with Crippen LogP contribution in [0.3, 0.4) is 0 Å². The van der Waals surface area contributed by atoms with Gasteiger partial charge in [-0.15, -0.1) is 0 Å². The van der Waals surface area contributed by atoms with Crippen molar-refractivity contribution in [1.29, 1.82) is 0 Å². The third kappa shape index (κ3) is 4.43. The summed E-state index contributed by atoms with van der Waals surface area (Å²) in [6, 6.07) is 7.76. The standard InChI is InChI=1S/C20H18F3N3O4/c1-30-10-4-9-26-17(27)13-8-7-12(11-14(13)18(26)28)24-19(29)25-16-6-3-2-5-15(16)20(21,22)23/h2-3,5-8,11H,4,9-10H2,1H3,(H2,24,25,29). The molecule has 0 saturated heterocycles. The molecule has 1 aliphatic heterocycles. The van der Waals surface area contributed by atoms with Crippen LogP contribution in [0.15, 0.2) is 42.5 Å². The average molecular weight is 421 g/mol. The third-order valence-electron chi connectivity index (χ3n) is 4.44. The van der Waals surface area contributed by atoms with Gasteiger partial charge in [0.05, 0.1) is 22.4 Å². The monoisotopic (exact) mass is 421 g/mol. The Kier molecular flexibility index (Phi) is 6.06. The summed E-state index contributed by atoms with van der Waals surface area (Å²) in [5.74, 6) is -0.946. The van der Waals surface area contributed by atoms with Crippen LogP contribution in [-0.2, 0) is 10.9 Å². The molecule has 0 aliphatic carbocycles. The molecule has 1 aliphatic rings. The number of nitrogens with one attached hydrogen (secondary N) is 2. The van der Waals surface area contributed by atoms with Gasteiger partial charge in [-0.2, -0.15) is 13.2 Å². The number of fused-ring (bicyclic) bond motifs is 1. The number of nitrogens with zero attached hydrogens (tertiary/aromatic N) is 1. The Bertz CT molecular complexity index is 992. The lowest BCUT2D eigenvalue weighted by Crippen LogP contribution is -2.31. The first-order chi connectivity index (χ1) is 14.2. The number of halogens is 3. The number of para-hydroxylation sites is 1. The zero-order valence-electron chi connectivity index (χ0n) is 15.9. The summed E-state index contributed by atoms with van der Waals surface area (Å²) in [6.45, 7) is 0.581. The number of anilines is 2. The van der Waals surface area contributed by atoms with Gasteiger partial charge in [0.1, 0.15) is 0 Å². The summed E-state index contributed by atoms with van der Waals surface area (Å²) in [6.07, 6.45) is -4.15. The van der Waals surface area contributed by atoms with Crippen molar-refractivity contribution in [3.8, 4) is 0 Å². The lowest BCUT2D eigenvalue weighted by atomic mass is 10.1. The molecule has 0 atom stereocenters. The van der Waals surface area contributed by atoms with Gasteiger partial charge in [0, 0.05) is 25.9 Å². The number of ether oxygens (including phenoxy) is 1. The van der Waals surface area contributed by atoms with Crippen LogP contribution in [0.5, 0.6) is 0 Å². The van der Waals surface area contributed by atoms with Gasteiger partial charge in [-0.05, 0) is 36.8 Å². The predicted octanol–water partition coefficient (Wildman–Crippen LogP) is 3.98. The molecule has 0 saturated carbocycles. The van der Waals surface area contributed by atoms with Crippen molar-refractivity contribution >= 4 is 29.2 Å². The number of imide groups is 1. The van der Waals surface area contributed by atoms with E-state index in [2.05, 4.69) is 10.6 Å². The van der Waals surface area contributed by atoms with E-state index in [0.29, 0.717) is 13.0 Å². The van der Waals surface area contributed by atoms with Gasteiger partial charge in [0.2, 0.25) is 0 Å². The molecule has 2 N–H and O–H groups in total. The van der Waals surface area contributed by atoms with E-state index in [-0.39, 0.29) is 23.4 Å². The SMILES string of the molecule is COCCCN1C(=O)c2ccc(NC(=O)Nc3ccccc3C(F)(F)F)cc2C1=O. The van der Waals surface area contributed by atoms with Crippen LogP contribution in [0.1, 0.15) is 32.7 Å². The first kappa shape index (κ1) is 21.3. The largest absolute Gasteiger partial charge is 0.418 e. The molecule has 7 nitrogen and oxygen atoms in total. The number of alkyl halides is 3. The highest BCUT2D eigenvalue weighted by atomic mass is 19.4. The van der Waals surface area contributed by atoms with Crippen LogP contribution in [-0.4, -0.2) is 43.0 Å². The summed E-state index contributed by atoms with van der Waals surface area (Å²) < 4.78 is 44.1. The molecule has 0 spiro atoms. The Morgan fingerprint density at radius 1 is 1.03 bits per heavy atom. The molecule has 10 heteroatoms. The van der Waals surface area contributed by atoms with E-state index in [1.807, 2.05) is 0 Å². The number of hydrogen-bond acceptors (Lipinski definition) is 4. The molecule has 2 aromatic rings. The van der Waals surface area contributed by atoms with E-state index in [0.717, 1.165) is 17.0 Å².